The van der Waals surface area contributed by atoms with Gasteiger partial charge in [-0.1, -0.05) is 0 Å². The largest absolute Gasteiger partial charge is 0.462 e. The van der Waals surface area contributed by atoms with Crippen LogP contribution in [0.3, 0.4) is 0 Å². The van der Waals surface area contributed by atoms with Crippen LogP contribution in [0.25, 0.3) is 0 Å². The molecule has 1 radical (unpaired) electrons. The van der Waals surface area contributed by atoms with Crippen LogP contribution < -0.4 is 0 Å². The second-order valence-corrected chi connectivity index (χ2v) is 2.57. The Morgan fingerprint density at radius 2 is 1.87 bits per heavy atom. The molecule has 1 heterocycles. The maximum atomic E-state index is 11.2. The maximum absolute atomic E-state index is 11.2. The fraction of sp³-hybridized carbons (Fsp3) is 0.400. The zero-order chi connectivity index (χ0) is 11.3. The Hall–Kier alpha value is -1.78. The normalized spacial score (nSPS) is 9.73. The van der Waals surface area contributed by atoms with Gasteiger partial charge in [-0.2, -0.15) is 0 Å². The molecule has 0 amide bonds. The van der Waals surface area contributed by atoms with Crippen molar-refractivity contribution in [2.24, 2.45) is 0 Å². The molecule has 0 bridgehead atoms. The molecule has 1 aromatic heterocycles. The number of ether oxygens (including phenoxy) is 2. The predicted octanol–water partition coefficient (Wildman–Crippen LogP) is 1.43. The summed E-state index contributed by atoms with van der Waals surface area (Å²) in [4.78, 5) is 22.3. The molecular formula is C10H11O5. The van der Waals surface area contributed by atoms with Crippen molar-refractivity contribution in [2.45, 2.75) is 13.8 Å². The van der Waals surface area contributed by atoms with E-state index < -0.39 is 11.9 Å². The van der Waals surface area contributed by atoms with Crippen LogP contribution in [0.4, 0.5) is 0 Å². The topological polar surface area (TPSA) is 65.7 Å². The van der Waals surface area contributed by atoms with Crippen molar-refractivity contribution in [3.05, 3.63) is 23.7 Å². The highest BCUT2D eigenvalue weighted by Crippen LogP contribution is 2.09. The average molecular weight is 211 g/mol. The Morgan fingerprint density at radius 3 is 2.47 bits per heavy atom. The van der Waals surface area contributed by atoms with Gasteiger partial charge in [-0.15, -0.1) is 0 Å². The number of rotatable bonds is 4. The van der Waals surface area contributed by atoms with Gasteiger partial charge in [-0.3, -0.25) is 0 Å². The molecule has 0 aliphatic heterocycles. The third kappa shape index (κ3) is 2.83. The van der Waals surface area contributed by atoms with Crippen LogP contribution in [-0.2, 0) is 9.47 Å². The number of hydrogen-bond donors (Lipinski definition) is 0. The molecule has 0 unspecified atom stereocenters. The van der Waals surface area contributed by atoms with Crippen molar-refractivity contribution in [1.29, 1.82) is 0 Å². The van der Waals surface area contributed by atoms with Gasteiger partial charge in [0.25, 0.3) is 0 Å². The van der Waals surface area contributed by atoms with E-state index in [2.05, 4.69) is 11.0 Å². The van der Waals surface area contributed by atoms with Crippen LogP contribution in [0, 0.1) is 6.26 Å². The van der Waals surface area contributed by atoms with Crippen molar-refractivity contribution < 1.29 is 23.5 Å². The minimum absolute atomic E-state index is 0.0556. The van der Waals surface area contributed by atoms with Crippen LogP contribution in [0.2, 0.25) is 0 Å². The van der Waals surface area contributed by atoms with Crippen molar-refractivity contribution in [3.63, 3.8) is 0 Å². The molecule has 0 atom stereocenters. The van der Waals surface area contributed by atoms with Gasteiger partial charge in [0, 0.05) is 6.07 Å². The predicted molar refractivity (Wildman–Crippen MR) is 49.5 cm³/mol. The van der Waals surface area contributed by atoms with Crippen LogP contribution >= 0.6 is 0 Å². The fourth-order valence-corrected chi connectivity index (χ4v) is 0.912. The van der Waals surface area contributed by atoms with Gasteiger partial charge in [0.2, 0.25) is 5.76 Å². The van der Waals surface area contributed by atoms with E-state index in [1.54, 1.807) is 13.8 Å². The Bertz CT molecular complexity index is 320. The summed E-state index contributed by atoms with van der Waals surface area (Å²) in [7, 11) is 0. The van der Waals surface area contributed by atoms with Crippen molar-refractivity contribution >= 4 is 11.9 Å². The Morgan fingerprint density at radius 1 is 1.27 bits per heavy atom. The molecule has 1 aromatic rings. The highest BCUT2D eigenvalue weighted by Gasteiger charge is 2.17. The number of hydrogen-bond acceptors (Lipinski definition) is 5. The van der Waals surface area contributed by atoms with E-state index in [1.807, 2.05) is 0 Å². The summed E-state index contributed by atoms with van der Waals surface area (Å²) in [5.41, 5.74) is 0.0832. The van der Waals surface area contributed by atoms with E-state index in [1.165, 1.54) is 6.07 Å². The molecule has 0 aliphatic carbocycles. The summed E-state index contributed by atoms with van der Waals surface area (Å²) in [6.45, 7) is 3.86. The number of carbonyl (C=O) groups is 2. The molecule has 0 fully saturated rings. The van der Waals surface area contributed by atoms with Gasteiger partial charge >= 0.3 is 11.9 Å². The van der Waals surface area contributed by atoms with Crippen molar-refractivity contribution in [2.75, 3.05) is 13.2 Å². The molecule has 0 N–H and O–H groups in total. The fourth-order valence-electron chi connectivity index (χ4n) is 0.912. The quantitative estimate of drug-likeness (QED) is 0.705. The molecule has 81 valence electrons. The first-order valence-electron chi connectivity index (χ1n) is 4.54. The van der Waals surface area contributed by atoms with E-state index in [4.69, 9.17) is 9.15 Å². The first kappa shape index (κ1) is 11.3. The van der Waals surface area contributed by atoms with Gasteiger partial charge in [0.15, 0.2) is 6.26 Å². The lowest BCUT2D eigenvalue weighted by molar-refractivity contribution is 0.0487. The van der Waals surface area contributed by atoms with Gasteiger partial charge in [0.05, 0.1) is 13.2 Å². The van der Waals surface area contributed by atoms with Gasteiger partial charge in [-0.25, -0.2) is 9.59 Å². The summed E-state index contributed by atoms with van der Waals surface area (Å²) in [5, 5.41) is 0. The van der Waals surface area contributed by atoms with Crippen LogP contribution in [0.1, 0.15) is 34.8 Å². The molecule has 0 saturated carbocycles. The molecule has 1 rings (SSSR count). The van der Waals surface area contributed by atoms with E-state index in [9.17, 15) is 9.59 Å². The van der Waals surface area contributed by atoms with E-state index >= 15 is 0 Å². The average Bonchev–Trinajstić information content (AvgIpc) is 2.67. The molecule has 5 heteroatoms. The first-order chi connectivity index (χ1) is 7.19. The Balaban J connectivity index is 2.71. The summed E-state index contributed by atoms with van der Waals surface area (Å²) in [6, 6.07) is 1.25. The second kappa shape index (κ2) is 5.19. The SMILES string of the molecule is CCOC(=O)c1[c]oc(C(=O)OCC)c1. The van der Waals surface area contributed by atoms with Gasteiger partial charge in [0.1, 0.15) is 5.56 Å². The third-order valence-electron chi connectivity index (χ3n) is 1.52. The molecule has 0 spiro atoms. The Kier molecular flexibility index (Phi) is 3.91. The number of furan rings is 1. The van der Waals surface area contributed by atoms with Crippen molar-refractivity contribution in [3.8, 4) is 0 Å². The van der Waals surface area contributed by atoms with Gasteiger partial charge < -0.3 is 13.9 Å². The lowest BCUT2D eigenvalue weighted by Gasteiger charge is -1.96. The summed E-state index contributed by atoms with van der Waals surface area (Å²) in [6.07, 6.45) is 2.28. The van der Waals surface area contributed by atoms with Crippen LogP contribution in [-0.4, -0.2) is 25.2 Å². The second-order valence-electron chi connectivity index (χ2n) is 2.57. The molecular weight excluding hydrogens is 200 g/mol. The molecule has 0 aromatic carbocycles. The van der Waals surface area contributed by atoms with E-state index in [0.717, 1.165) is 0 Å². The molecule has 0 saturated heterocycles. The first-order valence-corrected chi connectivity index (χ1v) is 4.54. The monoisotopic (exact) mass is 211 g/mol. The summed E-state index contributed by atoms with van der Waals surface area (Å²) < 4.78 is 14.1. The minimum Gasteiger partial charge on any atom is -0.462 e. The zero-order valence-corrected chi connectivity index (χ0v) is 8.53. The third-order valence-corrected chi connectivity index (χ3v) is 1.52. The highest BCUT2D eigenvalue weighted by atomic mass is 16.5. The minimum atomic E-state index is -0.621. The van der Waals surface area contributed by atoms with Gasteiger partial charge in [-0.05, 0) is 13.8 Å². The number of carbonyl (C=O) groups excluding carboxylic acids is 2. The summed E-state index contributed by atoms with van der Waals surface area (Å²) >= 11 is 0. The van der Waals surface area contributed by atoms with Crippen LogP contribution in [0.5, 0.6) is 0 Å². The molecule has 5 nitrogen and oxygen atoms in total. The van der Waals surface area contributed by atoms with Crippen LogP contribution in [0.15, 0.2) is 10.5 Å². The number of esters is 2. The lowest BCUT2D eigenvalue weighted by Crippen LogP contribution is -2.04. The smallest absolute Gasteiger partial charge is 0.374 e. The Labute approximate surface area is 87.0 Å². The van der Waals surface area contributed by atoms with Crippen molar-refractivity contribution in [1.82, 2.24) is 0 Å². The zero-order valence-electron chi connectivity index (χ0n) is 8.53. The molecule has 15 heavy (non-hydrogen) atoms. The lowest BCUT2D eigenvalue weighted by atomic mass is 10.3. The molecule has 0 aliphatic rings. The summed E-state index contributed by atoms with van der Waals surface area (Å²) in [5.74, 6) is -1.25. The maximum Gasteiger partial charge on any atom is 0.374 e. The standard InChI is InChI=1S/C10H11O5/c1-3-13-9(11)7-5-8(15-6-7)10(12)14-4-2/h5H,3-4H2,1-2H3. The highest BCUT2D eigenvalue weighted by molar-refractivity contribution is 5.93. The van der Waals surface area contributed by atoms with E-state index in [-0.39, 0.29) is 24.5 Å². The van der Waals surface area contributed by atoms with E-state index in [0.29, 0.717) is 0 Å².